The van der Waals surface area contributed by atoms with Crippen molar-refractivity contribution in [3.8, 4) is 17.6 Å². The van der Waals surface area contributed by atoms with Crippen LogP contribution in [0.15, 0.2) is 41.5 Å². The summed E-state index contributed by atoms with van der Waals surface area (Å²) >= 11 is 0. The van der Waals surface area contributed by atoms with Crippen LogP contribution in [0.4, 0.5) is 10.3 Å². The number of aromatic amines is 1. The van der Waals surface area contributed by atoms with Crippen LogP contribution in [0.2, 0.25) is 0 Å². The Labute approximate surface area is 239 Å². The van der Waals surface area contributed by atoms with Gasteiger partial charge in [-0.1, -0.05) is 30.0 Å². The molecule has 17 heteroatoms. The van der Waals surface area contributed by atoms with Crippen molar-refractivity contribution in [3.63, 3.8) is 0 Å². The first-order chi connectivity index (χ1) is 19.7. The number of aromatic nitrogens is 4. The number of anilines is 1. The number of ether oxygens (including phenoxy) is 2. The molecule has 0 saturated heterocycles. The number of nitrogen functional groups attached to an aromatic ring is 1. The highest BCUT2D eigenvalue weighted by molar-refractivity contribution is 7.52. The summed E-state index contributed by atoms with van der Waals surface area (Å²) in [6.45, 7) is 3.87. The van der Waals surface area contributed by atoms with Crippen LogP contribution in [0, 0.1) is 11.8 Å². The van der Waals surface area contributed by atoms with Gasteiger partial charge in [0.05, 0.1) is 12.4 Å². The lowest BCUT2D eigenvalue weighted by molar-refractivity contribution is -0.214. The third-order valence-electron chi connectivity index (χ3n) is 5.29. The van der Waals surface area contributed by atoms with E-state index in [0.29, 0.717) is 0 Å². The Bertz CT molecular complexity index is 1540. The van der Waals surface area contributed by atoms with Crippen LogP contribution in [0.25, 0.3) is 11.2 Å². The zero-order valence-electron chi connectivity index (χ0n) is 23.2. The van der Waals surface area contributed by atoms with E-state index < -0.39 is 62.8 Å². The van der Waals surface area contributed by atoms with Gasteiger partial charge < -0.3 is 29.9 Å². The number of fused-ring (bicyclic) bond motifs is 1. The van der Waals surface area contributed by atoms with Crippen molar-refractivity contribution >= 4 is 30.8 Å². The van der Waals surface area contributed by atoms with Crippen LogP contribution in [-0.2, 0) is 23.4 Å². The Morgan fingerprint density at radius 1 is 1.31 bits per heavy atom. The highest BCUT2D eigenvalue weighted by atomic mass is 31.2. The maximum atomic E-state index is 13.7. The third kappa shape index (κ3) is 8.58. The van der Waals surface area contributed by atoms with Crippen LogP contribution in [0.5, 0.6) is 5.75 Å². The van der Waals surface area contributed by atoms with Crippen molar-refractivity contribution in [2.24, 2.45) is 0 Å². The molecule has 5 atom stereocenters. The van der Waals surface area contributed by atoms with Crippen LogP contribution in [0.3, 0.4) is 0 Å². The molecule has 0 aliphatic carbocycles. The molecular weight excluding hydrogens is 578 g/mol. The molecule has 2 heterocycles. The minimum Gasteiger partial charge on any atom is -0.462 e. The van der Waals surface area contributed by atoms with E-state index in [4.69, 9.17) is 24.3 Å². The summed E-state index contributed by atoms with van der Waals surface area (Å²) in [5, 5.41) is 24.3. The molecule has 228 valence electrons. The highest BCUT2D eigenvalue weighted by Crippen LogP contribution is 2.45. The van der Waals surface area contributed by atoms with Gasteiger partial charge in [-0.05, 0) is 39.8 Å². The van der Waals surface area contributed by atoms with Gasteiger partial charge in [-0.2, -0.15) is 10.1 Å². The number of aliphatic hydroxyl groups excluding tert-OH is 1. The standard InChI is InChI=1S/C25H32FN6O9P/c1-15(2)39-22(35)16(3)31-42(37,41-17-9-6-5-7-10-17)38-13-18(33)40-23(25(4,36)11-8-12-26)32-14-28-19-20(32)29-24(27)30-21(19)34/h5-7,9-10,14-16,18,23,33,36H,12-13H2,1-4H3,(H,31,37)(H3,27,29,30,34)/t16-,18+,23+,25?,42?/m0/s1. The molecule has 0 aliphatic heterocycles. The second-order valence-corrected chi connectivity index (χ2v) is 11.0. The number of nitrogens with one attached hydrogen (secondary N) is 2. The van der Waals surface area contributed by atoms with Crippen molar-refractivity contribution in [2.75, 3.05) is 19.0 Å². The van der Waals surface area contributed by atoms with Gasteiger partial charge in [-0.15, -0.1) is 0 Å². The molecule has 3 aromatic rings. The van der Waals surface area contributed by atoms with Gasteiger partial charge in [-0.25, -0.2) is 13.9 Å². The number of halogens is 1. The van der Waals surface area contributed by atoms with Gasteiger partial charge in [0.25, 0.3) is 5.56 Å². The quantitative estimate of drug-likeness (QED) is 0.0802. The minimum atomic E-state index is -4.39. The van der Waals surface area contributed by atoms with E-state index in [2.05, 4.69) is 31.9 Å². The predicted molar refractivity (Wildman–Crippen MR) is 148 cm³/mol. The Balaban J connectivity index is 1.88. The van der Waals surface area contributed by atoms with Gasteiger partial charge >= 0.3 is 13.7 Å². The molecule has 3 rings (SSSR count). The molecule has 0 spiro atoms. The summed E-state index contributed by atoms with van der Waals surface area (Å²) in [5.41, 5.74) is 2.44. The second kappa shape index (κ2) is 13.9. The van der Waals surface area contributed by atoms with Gasteiger partial charge in [0.2, 0.25) is 5.95 Å². The smallest absolute Gasteiger partial charge is 0.459 e. The number of carbonyl (C=O) groups excluding carboxylic acids is 1. The van der Waals surface area contributed by atoms with Crippen molar-refractivity contribution < 1.29 is 42.5 Å². The fraction of sp³-hybridized carbons (Fsp3) is 0.440. The number of para-hydroxylation sites is 1. The summed E-state index contributed by atoms with van der Waals surface area (Å²) in [4.78, 5) is 34.8. The van der Waals surface area contributed by atoms with Gasteiger partial charge in [0, 0.05) is 0 Å². The minimum absolute atomic E-state index is 0.120. The number of nitrogens with zero attached hydrogens (tertiary/aromatic N) is 3. The van der Waals surface area contributed by atoms with E-state index in [0.717, 1.165) is 17.8 Å². The highest BCUT2D eigenvalue weighted by Gasteiger charge is 2.38. The van der Waals surface area contributed by atoms with Gasteiger partial charge in [0.15, 0.2) is 29.3 Å². The molecule has 42 heavy (non-hydrogen) atoms. The number of hydrogen-bond acceptors (Lipinski definition) is 12. The SMILES string of the molecule is CC(C)OC(=O)[C@H](C)NP(=O)(OC[C@H](O)O[C@@H](n1cnc2c(=O)[nH]c(N)nc21)C(C)(O)C#CCF)Oc1ccccc1. The molecule has 0 fully saturated rings. The van der Waals surface area contributed by atoms with Crippen molar-refractivity contribution in [3.05, 3.63) is 47.0 Å². The number of rotatable bonds is 13. The first-order valence-electron chi connectivity index (χ1n) is 12.6. The van der Waals surface area contributed by atoms with Crippen LogP contribution in [-0.4, -0.2) is 73.0 Å². The van der Waals surface area contributed by atoms with E-state index in [-0.39, 0.29) is 22.9 Å². The van der Waals surface area contributed by atoms with Crippen LogP contribution >= 0.6 is 7.75 Å². The Morgan fingerprint density at radius 3 is 2.64 bits per heavy atom. The van der Waals surface area contributed by atoms with Crippen LogP contribution < -0.4 is 20.9 Å². The van der Waals surface area contributed by atoms with Crippen molar-refractivity contribution in [2.45, 2.75) is 58.0 Å². The van der Waals surface area contributed by atoms with E-state index in [9.17, 15) is 28.8 Å². The van der Waals surface area contributed by atoms with Crippen molar-refractivity contribution in [1.82, 2.24) is 24.6 Å². The lowest BCUT2D eigenvalue weighted by Gasteiger charge is -2.31. The molecule has 0 saturated carbocycles. The molecule has 0 bridgehead atoms. The van der Waals surface area contributed by atoms with E-state index >= 15 is 0 Å². The number of carbonyl (C=O) groups is 1. The van der Waals surface area contributed by atoms with E-state index in [1.807, 2.05) is 0 Å². The largest absolute Gasteiger partial charge is 0.462 e. The molecule has 6 N–H and O–H groups in total. The molecule has 2 aromatic heterocycles. The lowest BCUT2D eigenvalue weighted by atomic mass is 10.1. The summed E-state index contributed by atoms with van der Waals surface area (Å²) in [7, 11) is -4.39. The number of hydrogen-bond donors (Lipinski definition) is 5. The second-order valence-electron chi connectivity index (χ2n) is 9.34. The zero-order valence-corrected chi connectivity index (χ0v) is 24.1. The van der Waals surface area contributed by atoms with E-state index in [1.54, 1.807) is 32.0 Å². The number of benzene rings is 1. The summed E-state index contributed by atoms with van der Waals surface area (Å²) in [5.74, 6) is 3.46. The number of aliphatic hydroxyl groups is 2. The monoisotopic (exact) mass is 610 g/mol. The molecule has 1 aromatic carbocycles. The fourth-order valence-electron chi connectivity index (χ4n) is 3.54. The molecule has 0 radical (unpaired) electrons. The number of nitrogens with two attached hydrogens (primary N) is 1. The Morgan fingerprint density at radius 2 is 2.00 bits per heavy atom. The fourth-order valence-corrected chi connectivity index (χ4v) is 5.02. The Hall–Kier alpha value is -3.84. The van der Waals surface area contributed by atoms with Crippen LogP contribution in [0.1, 0.15) is 33.9 Å². The molecule has 2 unspecified atom stereocenters. The summed E-state index contributed by atoms with van der Waals surface area (Å²) in [6.07, 6.45) is -2.99. The van der Waals surface area contributed by atoms with Crippen molar-refractivity contribution in [1.29, 1.82) is 0 Å². The van der Waals surface area contributed by atoms with E-state index in [1.165, 1.54) is 19.1 Å². The molecule has 0 aliphatic rings. The average molecular weight is 611 g/mol. The molecule has 15 nitrogen and oxygen atoms in total. The molecule has 0 amide bonds. The summed E-state index contributed by atoms with van der Waals surface area (Å²) in [6, 6.07) is 6.74. The first-order valence-corrected chi connectivity index (χ1v) is 14.1. The first kappa shape index (κ1) is 32.7. The average Bonchev–Trinajstić information content (AvgIpc) is 3.33. The maximum absolute atomic E-state index is 13.7. The summed E-state index contributed by atoms with van der Waals surface area (Å²) < 4.78 is 49.2. The molecular formula is C25H32FN6O9P. The normalized spacial score (nSPS) is 16.5. The third-order valence-corrected chi connectivity index (χ3v) is 6.94. The maximum Gasteiger partial charge on any atom is 0.459 e. The zero-order chi connectivity index (χ0) is 31.1. The lowest BCUT2D eigenvalue weighted by Crippen LogP contribution is -2.41. The number of esters is 1. The number of imidazole rings is 1. The number of H-pyrrole nitrogens is 1. The van der Waals surface area contributed by atoms with Gasteiger partial charge in [-0.3, -0.25) is 23.7 Å². The predicted octanol–water partition coefficient (Wildman–Crippen LogP) is 1.39. The topological polar surface area (TPSA) is 213 Å². The number of alkyl halides is 1. The van der Waals surface area contributed by atoms with Gasteiger partial charge in [0.1, 0.15) is 25.1 Å². The Kier molecular flexibility index (Phi) is 10.8.